The molecule has 0 saturated heterocycles. The molecule has 4 N–H and O–H groups in total. The van der Waals surface area contributed by atoms with Crippen molar-refractivity contribution in [2.75, 3.05) is 10.7 Å². The fraction of sp³-hybridized carbons (Fsp3) is 0.0667. The molecule has 0 aliphatic carbocycles. The van der Waals surface area contributed by atoms with Crippen LogP contribution in [0, 0.1) is 6.92 Å². The molecule has 0 atom stereocenters. The Morgan fingerprint density at radius 1 is 1.10 bits per heavy atom. The number of fused-ring (bicyclic) bond motifs is 1. The van der Waals surface area contributed by atoms with E-state index in [2.05, 4.69) is 36.6 Å². The topological polar surface area (TPSA) is 75.9 Å². The van der Waals surface area contributed by atoms with Crippen LogP contribution in [0.3, 0.4) is 0 Å². The zero-order chi connectivity index (χ0) is 14.8. The Hall–Kier alpha value is -2.18. The Morgan fingerprint density at radius 2 is 1.90 bits per heavy atom. The minimum atomic E-state index is 0.381. The summed E-state index contributed by atoms with van der Waals surface area (Å²) < 4.78 is 1.04. The summed E-state index contributed by atoms with van der Waals surface area (Å²) in [4.78, 5) is 8.75. The van der Waals surface area contributed by atoms with Gasteiger partial charge in [0.1, 0.15) is 5.82 Å². The molecule has 6 heteroatoms. The highest BCUT2D eigenvalue weighted by Crippen LogP contribution is 2.27. The highest BCUT2D eigenvalue weighted by atomic mass is 79.9. The number of nitrogens with zero attached hydrogens (tertiary/aromatic N) is 2. The first kappa shape index (κ1) is 13.8. The Labute approximate surface area is 130 Å². The number of nitrogen functional groups attached to an aromatic ring is 1. The monoisotopic (exact) mass is 343 g/mol. The van der Waals surface area contributed by atoms with Crippen LogP contribution in [0.25, 0.3) is 10.9 Å². The second kappa shape index (κ2) is 5.67. The SMILES string of the molecule is Cc1cc(Br)ccc1Nc1nc(NN)nc2ccccc12. The quantitative estimate of drug-likeness (QED) is 0.499. The van der Waals surface area contributed by atoms with Crippen molar-refractivity contribution in [2.24, 2.45) is 5.84 Å². The normalized spacial score (nSPS) is 10.6. The molecule has 0 aliphatic heterocycles. The van der Waals surface area contributed by atoms with Gasteiger partial charge in [-0.05, 0) is 42.8 Å². The Kier molecular flexibility index (Phi) is 3.72. The van der Waals surface area contributed by atoms with E-state index < -0.39 is 0 Å². The fourth-order valence-corrected chi connectivity index (χ4v) is 2.61. The molecule has 0 saturated carbocycles. The zero-order valence-electron chi connectivity index (χ0n) is 11.4. The van der Waals surface area contributed by atoms with Gasteiger partial charge in [0.25, 0.3) is 0 Å². The molecule has 0 aliphatic rings. The second-order valence-corrected chi connectivity index (χ2v) is 5.56. The zero-order valence-corrected chi connectivity index (χ0v) is 13.0. The number of nitrogens with two attached hydrogens (primary N) is 1. The number of hydrogen-bond donors (Lipinski definition) is 3. The molecular formula is C15H14BrN5. The van der Waals surface area contributed by atoms with Crippen molar-refractivity contribution >= 4 is 44.3 Å². The van der Waals surface area contributed by atoms with Gasteiger partial charge in [-0.3, -0.25) is 5.43 Å². The number of nitrogens with one attached hydrogen (secondary N) is 2. The minimum Gasteiger partial charge on any atom is -0.339 e. The number of rotatable bonds is 3. The number of halogens is 1. The lowest BCUT2D eigenvalue weighted by molar-refractivity contribution is 1.15. The summed E-state index contributed by atoms with van der Waals surface area (Å²) >= 11 is 3.46. The van der Waals surface area contributed by atoms with Gasteiger partial charge in [-0.15, -0.1) is 0 Å². The Bertz CT molecular complexity index is 803. The van der Waals surface area contributed by atoms with Gasteiger partial charge in [-0.25, -0.2) is 10.8 Å². The smallest absolute Gasteiger partial charge is 0.239 e. The van der Waals surface area contributed by atoms with Gasteiger partial charge in [-0.1, -0.05) is 28.1 Å². The van der Waals surface area contributed by atoms with E-state index in [9.17, 15) is 0 Å². The molecule has 2 aromatic carbocycles. The molecule has 21 heavy (non-hydrogen) atoms. The predicted octanol–water partition coefficient (Wildman–Crippen LogP) is 3.73. The van der Waals surface area contributed by atoms with Crippen LogP contribution in [0.2, 0.25) is 0 Å². The van der Waals surface area contributed by atoms with Crippen molar-refractivity contribution in [2.45, 2.75) is 6.92 Å². The molecular weight excluding hydrogens is 330 g/mol. The minimum absolute atomic E-state index is 0.381. The molecule has 0 spiro atoms. The van der Waals surface area contributed by atoms with E-state index in [-0.39, 0.29) is 0 Å². The van der Waals surface area contributed by atoms with Crippen molar-refractivity contribution in [3.8, 4) is 0 Å². The van der Waals surface area contributed by atoms with Crippen LogP contribution in [0.5, 0.6) is 0 Å². The van der Waals surface area contributed by atoms with Crippen molar-refractivity contribution in [3.63, 3.8) is 0 Å². The summed E-state index contributed by atoms with van der Waals surface area (Å²) in [6.45, 7) is 2.04. The number of hydrazine groups is 1. The third kappa shape index (κ3) is 2.81. The third-order valence-corrected chi connectivity index (χ3v) is 3.67. The van der Waals surface area contributed by atoms with E-state index in [0.717, 1.165) is 32.4 Å². The molecule has 0 radical (unpaired) electrons. The first-order valence-corrected chi connectivity index (χ1v) is 7.23. The number of aryl methyl sites for hydroxylation is 1. The molecule has 106 valence electrons. The molecule has 1 heterocycles. The van der Waals surface area contributed by atoms with E-state index >= 15 is 0 Å². The first-order valence-electron chi connectivity index (χ1n) is 6.44. The lowest BCUT2D eigenvalue weighted by Crippen LogP contribution is -2.11. The lowest BCUT2D eigenvalue weighted by atomic mass is 10.2. The van der Waals surface area contributed by atoms with E-state index in [1.807, 2.05) is 49.4 Å². The van der Waals surface area contributed by atoms with E-state index in [4.69, 9.17) is 5.84 Å². The maximum absolute atomic E-state index is 5.44. The molecule has 3 aromatic rings. The maximum Gasteiger partial charge on any atom is 0.239 e. The number of hydrogen-bond acceptors (Lipinski definition) is 5. The first-order chi connectivity index (χ1) is 10.2. The van der Waals surface area contributed by atoms with Crippen LogP contribution in [0.15, 0.2) is 46.9 Å². The average molecular weight is 344 g/mol. The predicted molar refractivity (Wildman–Crippen MR) is 89.5 cm³/mol. The highest BCUT2D eigenvalue weighted by Gasteiger charge is 2.08. The molecule has 1 aromatic heterocycles. The van der Waals surface area contributed by atoms with E-state index in [1.165, 1.54) is 0 Å². The van der Waals surface area contributed by atoms with Gasteiger partial charge < -0.3 is 5.32 Å². The van der Waals surface area contributed by atoms with Crippen LogP contribution in [0.4, 0.5) is 17.5 Å². The fourth-order valence-electron chi connectivity index (χ4n) is 2.13. The molecule has 5 nitrogen and oxygen atoms in total. The van der Waals surface area contributed by atoms with E-state index in [0.29, 0.717) is 5.95 Å². The number of benzene rings is 2. The lowest BCUT2D eigenvalue weighted by Gasteiger charge is -2.12. The van der Waals surface area contributed by atoms with Crippen LogP contribution in [0.1, 0.15) is 5.56 Å². The highest BCUT2D eigenvalue weighted by molar-refractivity contribution is 9.10. The van der Waals surface area contributed by atoms with Gasteiger partial charge in [-0.2, -0.15) is 4.98 Å². The largest absolute Gasteiger partial charge is 0.339 e. The standard InChI is InChI=1S/C15H14BrN5/c1-9-8-10(16)6-7-12(9)18-14-11-4-2-3-5-13(11)19-15(20-14)21-17/h2-8H,17H2,1H3,(H2,18,19,20,21). The van der Waals surface area contributed by atoms with Crippen molar-refractivity contribution in [1.82, 2.24) is 9.97 Å². The van der Waals surface area contributed by atoms with Crippen molar-refractivity contribution in [3.05, 3.63) is 52.5 Å². The Balaban J connectivity index is 2.10. The molecule has 0 bridgehead atoms. The van der Waals surface area contributed by atoms with Crippen molar-refractivity contribution in [1.29, 1.82) is 0 Å². The summed E-state index contributed by atoms with van der Waals surface area (Å²) in [5.41, 5.74) is 5.44. The number of aromatic nitrogens is 2. The van der Waals surface area contributed by atoms with Gasteiger partial charge >= 0.3 is 0 Å². The molecule has 0 amide bonds. The molecule has 3 rings (SSSR count). The summed E-state index contributed by atoms with van der Waals surface area (Å²) in [5, 5.41) is 4.29. The van der Waals surface area contributed by atoms with Gasteiger partial charge in [0.15, 0.2) is 0 Å². The summed E-state index contributed by atoms with van der Waals surface area (Å²) in [7, 11) is 0. The second-order valence-electron chi connectivity index (χ2n) is 4.64. The summed E-state index contributed by atoms with van der Waals surface area (Å²) in [6.07, 6.45) is 0. The number of para-hydroxylation sites is 1. The van der Waals surface area contributed by atoms with Crippen LogP contribution < -0.4 is 16.6 Å². The van der Waals surface area contributed by atoms with Gasteiger partial charge in [0, 0.05) is 15.5 Å². The number of anilines is 3. The van der Waals surface area contributed by atoms with Crippen LogP contribution in [-0.4, -0.2) is 9.97 Å². The van der Waals surface area contributed by atoms with Crippen LogP contribution in [-0.2, 0) is 0 Å². The summed E-state index contributed by atoms with van der Waals surface area (Å²) in [5.74, 6) is 6.55. The van der Waals surface area contributed by atoms with Crippen LogP contribution >= 0.6 is 15.9 Å². The van der Waals surface area contributed by atoms with Gasteiger partial charge in [0.05, 0.1) is 5.52 Å². The van der Waals surface area contributed by atoms with Gasteiger partial charge in [0.2, 0.25) is 5.95 Å². The third-order valence-electron chi connectivity index (χ3n) is 3.17. The maximum atomic E-state index is 5.44. The average Bonchev–Trinajstić information content (AvgIpc) is 2.49. The van der Waals surface area contributed by atoms with E-state index in [1.54, 1.807) is 0 Å². The Morgan fingerprint density at radius 3 is 2.67 bits per heavy atom. The molecule has 0 fully saturated rings. The summed E-state index contributed by atoms with van der Waals surface area (Å²) in [6, 6.07) is 13.8. The van der Waals surface area contributed by atoms with Crippen molar-refractivity contribution < 1.29 is 0 Å². The molecule has 0 unspecified atom stereocenters.